The van der Waals surface area contributed by atoms with Gasteiger partial charge in [0.05, 0.1) is 17.9 Å². The van der Waals surface area contributed by atoms with Crippen LogP contribution < -0.4 is 5.73 Å². The highest BCUT2D eigenvalue weighted by Crippen LogP contribution is 2.30. The van der Waals surface area contributed by atoms with Gasteiger partial charge in [-0.2, -0.15) is 0 Å². The average Bonchev–Trinajstić information content (AvgIpc) is 3.04. The van der Waals surface area contributed by atoms with Gasteiger partial charge in [-0.15, -0.1) is 0 Å². The zero-order valence-electron chi connectivity index (χ0n) is 13.0. The molecular weight excluding hydrogens is 312 g/mol. The van der Waals surface area contributed by atoms with Crippen LogP contribution in [0.1, 0.15) is 55.3 Å². The highest BCUT2D eigenvalue weighted by Gasteiger charge is 2.24. The minimum Gasteiger partial charge on any atom is -0.384 e. The third-order valence-corrected chi connectivity index (χ3v) is 4.80. The van der Waals surface area contributed by atoms with Crippen molar-refractivity contribution in [3.63, 3.8) is 0 Å². The molecule has 2 aromatic heterocycles. The molecule has 1 aliphatic rings. The summed E-state index contributed by atoms with van der Waals surface area (Å²) in [5.74, 6) is 0.0102. The first-order valence-electron chi connectivity index (χ1n) is 8.06. The molecule has 2 aromatic rings. The number of nitrogen functional groups attached to an aromatic ring is 1. The number of nitrogens with two attached hydrogens (primary N) is 1. The first-order chi connectivity index (χ1) is 11.1. The lowest BCUT2D eigenvalue weighted by Gasteiger charge is -2.22. The molecule has 0 aliphatic heterocycles. The van der Waals surface area contributed by atoms with Crippen molar-refractivity contribution >= 4 is 22.7 Å². The lowest BCUT2D eigenvalue weighted by Crippen LogP contribution is -2.13. The van der Waals surface area contributed by atoms with E-state index in [4.69, 9.17) is 17.3 Å². The van der Waals surface area contributed by atoms with Crippen LogP contribution >= 0.6 is 11.6 Å². The normalized spacial score (nSPS) is 17.1. The number of pyridine rings is 1. The third kappa shape index (κ3) is 3.91. The van der Waals surface area contributed by atoms with E-state index in [1.807, 2.05) is 18.6 Å². The van der Waals surface area contributed by atoms with Gasteiger partial charge in [-0.25, -0.2) is 9.97 Å². The summed E-state index contributed by atoms with van der Waals surface area (Å²) in [6.45, 7) is 0. The molecule has 122 valence electrons. The van der Waals surface area contributed by atoms with E-state index in [2.05, 4.69) is 14.5 Å². The van der Waals surface area contributed by atoms with E-state index in [-0.39, 0.29) is 0 Å². The molecule has 0 amide bonds. The van der Waals surface area contributed by atoms with E-state index in [1.54, 1.807) is 12.3 Å². The van der Waals surface area contributed by atoms with Gasteiger partial charge in [0.1, 0.15) is 5.82 Å². The maximum absolute atomic E-state index is 11.9. The molecule has 3 rings (SSSR count). The molecule has 0 aromatic carbocycles. The summed E-state index contributed by atoms with van der Waals surface area (Å²) in [6, 6.07) is 4.09. The van der Waals surface area contributed by atoms with Gasteiger partial charge in [0.15, 0.2) is 0 Å². The van der Waals surface area contributed by atoms with Gasteiger partial charge in [-0.1, -0.05) is 25.3 Å². The predicted molar refractivity (Wildman–Crippen MR) is 90.3 cm³/mol. The standard InChI is InChI=1S/C17H21ClN4O/c18-17(23)14(8-12-6-7-16(19)20-9-12)15-10-22(11-21-15)13-4-2-1-3-5-13/h6-7,9-11,13-14H,1-5,8H2,(H2,19,20). The molecular formula is C17H21ClN4O. The number of hydrogen-bond donors (Lipinski definition) is 1. The number of carbonyl (C=O) groups excluding carboxylic acids is 1. The van der Waals surface area contributed by atoms with Crippen LogP contribution in [0.5, 0.6) is 0 Å². The molecule has 0 spiro atoms. The topological polar surface area (TPSA) is 73.8 Å². The number of nitrogens with zero attached hydrogens (tertiary/aromatic N) is 3. The Morgan fingerprint density at radius 3 is 2.74 bits per heavy atom. The van der Waals surface area contributed by atoms with Crippen LogP contribution in [0.2, 0.25) is 0 Å². The average molecular weight is 333 g/mol. The van der Waals surface area contributed by atoms with Crippen molar-refractivity contribution in [2.75, 3.05) is 5.73 Å². The number of carbonyl (C=O) groups is 1. The van der Waals surface area contributed by atoms with Gasteiger partial charge in [-0.05, 0) is 42.5 Å². The van der Waals surface area contributed by atoms with Gasteiger partial charge < -0.3 is 10.3 Å². The Kier molecular flexibility index (Phi) is 4.96. The van der Waals surface area contributed by atoms with Crippen molar-refractivity contribution in [3.05, 3.63) is 42.1 Å². The number of halogens is 1. The van der Waals surface area contributed by atoms with Crippen LogP contribution in [0.15, 0.2) is 30.9 Å². The summed E-state index contributed by atoms with van der Waals surface area (Å²) in [4.78, 5) is 20.4. The SMILES string of the molecule is Nc1ccc(CC(C(=O)Cl)c2cn(C3CCCCC3)cn2)cn1. The number of aromatic nitrogens is 3. The molecule has 1 unspecified atom stereocenters. The Morgan fingerprint density at radius 2 is 2.09 bits per heavy atom. The quantitative estimate of drug-likeness (QED) is 0.851. The number of hydrogen-bond acceptors (Lipinski definition) is 4. The monoisotopic (exact) mass is 332 g/mol. The molecule has 0 bridgehead atoms. The van der Waals surface area contributed by atoms with E-state index in [0.717, 1.165) is 11.3 Å². The molecule has 1 saturated carbocycles. The van der Waals surface area contributed by atoms with Crippen LogP contribution in [-0.4, -0.2) is 19.8 Å². The fraction of sp³-hybridized carbons (Fsp3) is 0.471. The second kappa shape index (κ2) is 7.13. The van der Waals surface area contributed by atoms with Gasteiger partial charge in [0.2, 0.25) is 5.24 Å². The second-order valence-corrected chi connectivity index (χ2v) is 6.56. The minimum absolute atomic E-state index is 0.393. The summed E-state index contributed by atoms with van der Waals surface area (Å²) < 4.78 is 2.14. The van der Waals surface area contributed by atoms with Gasteiger partial charge in [0.25, 0.3) is 0 Å². The summed E-state index contributed by atoms with van der Waals surface area (Å²) in [7, 11) is 0. The summed E-state index contributed by atoms with van der Waals surface area (Å²) in [6.07, 6.45) is 12.2. The smallest absolute Gasteiger partial charge is 0.231 e. The molecule has 0 radical (unpaired) electrons. The second-order valence-electron chi connectivity index (χ2n) is 6.19. The van der Waals surface area contributed by atoms with Crippen molar-refractivity contribution in [1.82, 2.24) is 14.5 Å². The van der Waals surface area contributed by atoms with Crippen molar-refractivity contribution in [1.29, 1.82) is 0 Å². The molecule has 0 saturated heterocycles. The predicted octanol–water partition coefficient (Wildman–Crippen LogP) is 3.46. The lowest BCUT2D eigenvalue weighted by atomic mass is 9.95. The molecule has 5 nitrogen and oxygen atoms in total. The Bertz CT molecular complexity index is 661. The van der Waals surface area contributed by atoms with Crippen LogP contribution in [0.25, 0.3) is 0 Å². The summed E-state index contributed by atoms with van der Waals surface area (Å²) >= 11 is 5.82. The maximum atomic E-state index is 11.9. The Balaban J connectivity index is 1.77. The third-order valence-electron chi connectivity index (χ3n) is 4.54. The van der Waals surface area contributed by atoms with Crippen LogP contribution in [0.3, 0.4) is 0 Å². The van der Waals surface area contributed by atoms with Gasteiger partial charge in [-0.3, -0.25) is 4.79 Å². The molecule has 2 heterocycles. The number of anilines is 1. The van der Waals surface area contributed by atoms with Gasteiger partial charge in [0, 0.05) is 18.4 Å². The zero-order valence-corrected chi connectivity index (χ0v) is 13.7. The molecule has 1 fully saturated rings. The molecule has 23 heavy (non-hydrogen) atoms. The van der Waals surface area contributed by atoms with E-state index in [9.17, 15) is 4.79 Å². The molecule has 6 heteroatoms. The molecule has 1 aliphatic carbocycles. The first-order valence-corrected chi connectivity index (χ1v) is 8.44. The van der Waals surface area contributed by atoms with E-state index in [0.29, 0.717) is 18.3 Å². The highest BCUT2D eigenvalue weighted by molar-refractivity contribution is 6.64. The highest BCUT2D eigenvalue weighted by atomic mass is 35.5. The molecule has 2 N–H and O–H groups in total. The molecule has 1 atom stereocenters. The Morgan fingerprint density at radius 1 is 1.30 bits per heavy atom. The summed E-state index contributed by atoms with van der Waals surface area (Å²) in [5, 5.41) is -0.393. The first kappa shape index (κ1) is 16.0. The number of rotatable bonds is 5. The Hall–Kier alpha value is -1.88. The van der Waals surface area contributed by atoms with Crippen molar-refractivity contribution < 1.29 is 4.79 Å². The van der Waals surface area contributed by atoms with E-state index < -0.39 is 11.2 Å². The van der Waals surface area contributed by atoms with Crippen molar-refractivity contribution in [2.45, 2.75) is 50.5 Å². The van der Waals surface area contributed by atoms with Crippen LogP contribution in [0.4, 0.5) is 5.82 Å². The largest absolute Gasteiger partial charge is 0.384 e. The van der Waals surface area contributed by atoms with Crippen molar-refractivity contribution in [2.24, 2.45) is 0 Å². The zero-order chi connectivity index (χ0) is 16.2. The fourth-order valence-corrected chi connectivity index (χ4v) is 3.39. The lowest BCUT2D eigenvalue weighted by molar-refractivity contribution is -0.113. The number of imidazole rings is 1. The van der Waals surface area contributed by atoms with Crippen molar-refractivity contribution in [3.8, 4) is 0 Å². The van der Waals surface area contributed by atoms with Gasteiger partial charge >= 0.3 is 0 Å². The van der Waals surface area contributed by atoms with Crippen LogP contribution in [0, 0.1) is 0 Å². The van der Waals surface area contributed by atoms with E-state index >= 15 is 0 Å². The maximum Gasteiger partial charge on any atom is 0.231 e. The summed E-state index contributed by atoms with van der Waals surface area (Å²) in [5.41, 5.74) is 7.25. The fourth-order valence-electron chi connectivity index (χ4n) is 3.21. The van der Waals surface area contributed by atoms with E-state index in [1.165, 1.54) is 32.1 Å². The minimum atomic E-state index is -0.452. The Labute approximate surface area is 140 Å². The van der Waals surface area contributed by atoms with Crippen LogP contribution in [-0.2, 0) is 11.2 Å².